The monoisotopic (exact) mass is 163 g/mol. The summed E-state index contributed by atoms with van der Waals surface area (Å²) in [5.74, 6) is 3.91. The van der Waals surface area contributed by atoms with E-state index in [1.54, 1.807) is 0 Å². The van der Waals surface area contributed by atoms with Crippen molar-refractivity contribution >= 4 is 10.9 Å². The number of ether oxygens (including phenoxy) is 1. The van der Waals surface area contributed by atoms with E-state index in [4.69, 9.17) is 4.74 Å². The average molecular weight is 163 g/mol. The van der Waals surface area contributed by atoms with Crippen LogP contribution in [-0.4, -0.2) is 30.5 Å². The molecule has 1 nitrogen and oxygen atoms in total. The van der Waals surface area contributed by atoms with Gasteiger partial charge in [0.25, 0.3) is 0 Å². The van der Waals surface area contributed by atoms with Crippen molar-refractivity contribution in [3.05, 3.63) is 0 Å². The first-order valence-electron chi connectivity index (χ1n) is 4.06. The Labute approximate surface area is 67.5 Å². The molecule has 0 spiro atoms. The highest BCUT2D eigenvalue weighted by atomic mass is 32.2. The second-order valence-corrected chi connectivity index (χ2v) is 4.88. The number of hydrogen-bond acceptors (Lipinski definition) is 1. The van der Waals surface area contributed by atoms with E-state index in [1.165, 1.54) is 17.3 Å². The molecule has 2 heteroatoms. The number of rotatable bonds is 6. The summed E-state index contributed by atoms with van der Waals surface area (Å²) in [7, 11) is 0.635. The van der Waals surface area contributed by atoms with Crippen molar-refractivity contribution in [2.75, 3.05) is 30.5 Å². The van der Waals surface area contributed by atoms with Crippen molar-refractivity contribution in [1.29, 1.82) is 0 Å². The van der Waals surface area contributed by atoms with Crippen LogP contribution in [0.3, 0.4) is 0 Å². The maximum absolute atomic E-state index is 5.27. The summed E-state index contributed by atoms with van der Waals surface area (Å²) in [6.07, 6.45) is 0. The van der Waals surface area contributed by atoms with Crippen LogP contribution in [0.15, 0.2) is 0 Å². The standard InChI is InChI=1S/C8H19OS/c1-4-9-7-8-10(5-2)6-3/h4-8H2,1-3H3/q+1. The van der Waals surface area contributed by atoms with Crippen LogP contribution in [0.1, 0.15) is 20.8 Å². The predicted molar refractivity (Wildman–Crippen MR) is 49.8 cm³/mol. The third-order valence-corrected chi connectivity index (χ3v) is 3.91. The van der Waals surface area contributed by atoms with Crippen LogP contribution in [0.2, 0.25) is 0 Å². The zero-order valence-electron chi connectivity index (χ0n) is 7.35. The normalized spacial score (nSPS) is 10.8. The first-order chi connectivity index (χ1) is 4.85. The highest BCUT2D eigenvalue weighted by Crippen LogP contribution is 1.95. The van der Waals surface area contributed by atoms with Crippen LogP contribution in [0.4, 0.5) is 0 Å². The molecule has 0 atom stereocenters. The Balaban J connectivity index is 3.09. The van der Waals surface area contributed by atoms with Gasteiger partial charge in [0.15, 0.2) is 0 Å². The van der Waals surface area contributed by atoms with E-state index in [0.717, 1.165) is 13.2 Å². The van der Waals surface area contributed by atoms with Crippen LogP contribution >= 0.6 is 0 Å². The van der Waals surface area contributed by atoms with Gasteiger partial charge in [0.1, 0.15) is 17.3 Å². The van der Waals surface area contributed by atoms with Crippen LogP contribution in [-0.2, 0) is 15.6 Å². The Morgan fingerprint density at radius 1 is 1.10 bits per heavy atom. The summed E-state index contributed by atoms with van der Waals surface area (Å²) < 4.78 is 5.27. The number of hydrogen-bond donors (Lipinski definition) is 0. The SMILES string of the molecule is CCOCC[S+](CC)CC. The molecular weight excluding hydrogens is 144 g/mol. The molecule has 0 bridgehead atoms. The van der Waals surface area contributed by atoms with Crippen molar-refractivity contribution in [3.63, 3.8) is 0 Å². The fourth-order valence-corrected chi connectivity index (χ4v) is 2.15. The molecule has 0 unspecified atom stereocenters. The summed E-state index contributed by atoms with van der Waals surface area (Å²) in [5.41, 5.74) is 0. The lowest BCUT2D eigenvalue weighted by Crippen LogP contribution is -2.16. The maximum atomic E-state index is 5.27. The van der Waals surface area contributed by atoms with Crippen molar-refractivity contribution in [2.45, 2.75) is 20.8 Å². The molecule has 0 heterocycles. The summed E-state index contributed by atoms with van der Waals surface area (Å²) >= 11 is 0. The highest BCUT2D eigenvalue weighted by molar-refractivity contribution is 7.96. The van der Waals surface area contributed by atoms with Crippen molar-refractivity contribution < 1.29 is 4.74 Å². The maximum Gasteiger partial charge on any atom is 0.131 e. The van der Waals surface area contributed by atoms with E-state index in [-0.39, 0.29) is 0 Å². The van der Waals surface area contributed by atoms with Gasteiger partial charge in [-0.3, -0.25) is 0 Å². The molecule has 0 aromatic heterocycles. The molecule has 0 fully saturated rings. The van der Waals surface area contributed by atoms with E-state index in [9.17, 15) is 0 Å². The summed E-state index contributed by atoms with van der Waals surface area (Å²) in [6, 6.07) is 0. The Morgan fingerprint density at radius 3 is 2.10 bits per heavy atom. The molecule has 0 radical (unpaired) electrons. The molecule has 0 saturated carbocycles. The Hall–Kier alpha value is 0.310. The van der Waals surface area contributed by atoms with Gasteiger partial charge >= 0.3 is 0 Å². The fraction of sp³-hybridized carbons (Fsp3) is 1.00. The molecule has 0 aliphatic heterocycles. The van der Waals surface area contributed by atoms with E-state index in [2.05, 4.69) is 20.8 Å². The minimum Gasteiger partial charge on any atom is -0.377 e. The van der Waals surface area contributed by atoms with Crippen LogP contribution in [0.25, 0.3) is 0 Å². The molecule has 10 heavy (non-hydrogen) atoms. The topological polar surface area (TPSA) is 9.23 Å². The van der Waals surface area contributed by atoms with Gasteiger partial charge in [0.05, 0.1) is 6.61 Å². The molecule has 0 N–H and O–H groups in total. The Bertz CT molecular complexity index is 62.3. The minimum atomic E-state index is 0.635. The molecule has 0 aliphatic rings. The van der Waals surface area contributed by atoms with Gasteiger partial charge in [-0.15, -0.1) is 0 Å². The van der Waals surface area contributed by atoms with Crippen LogP contribution in [0.5, 0.6) is 0 Å². The molecule has 0 aliphatic carbocycles. The van der Waals surface area contributed by atoms with Gasteiger partial charge in [-0.25, -0.2) is 0 Å². The highest BCUT2D eigenvalue weighted by Gasteiger charge is 2.10. The van der Waals surface area contributed by atoms with Gasteiger partial charge in [0.2, 0.25) is 0 Å². The van der Waals surface area contributed by atoms with Crippen LogP contribution in [0, 0.1) is 0 Å². The second-order valence-electron chi connectivity index (χ2n) is 2.09. The zero-order valence-corrected chi connectivity index (χ0v) is 8.17. The predicted octanol–water partition coefficient (Wildman–Crippen LogP) is 1.68. The Kier molecular flexibility index (Phi) is 7.65. The molecule has 62 valence electrons. The molecule has 0 saturated heterocycles. The average Bonchev–Trinajstić information content (AvgIpc) is 1.99. The van der Waals surface area contributed by atoms with E-state index < -0.39 is 0 Å². The van der Waals surface area contributed by atoms with E-state index in [1.807, 2.05) is 0 Å². The first-order valence-corrected chi connectivity index (χ1v) is 5.80. The van der Waals surface area contributed by atoms with E-state index >= 15 is 0 Å². The molecule has 0 aromatic rings. The Morgan fingerprint density at radius 2 is 1.70 bits per heavy atom. The fourth-order valence-electron chi connectivity index (χ4n) is 0.814. The molecule has 0 amide bonds. The largest absolute Gasteiger partial charge is 0.377 e. The summed E-state index contributed by atoms with van der Waals surface area (Å²) in [6.45, 7) is 8.40. The third kappa shape index (κ3) is 5.12. The lowest BCUT2D eigenvalue weighted by molar-refractivity contribution is 0.164. The van der Waals surface area contributed by atoms with Crippen molar-refractivity contribution in [3.8, 4) is 0 Å². The molecular formula is C8H19OS+. The molecule has 0 rings (SSSR count). The zero-order chi connectivity index (χ0) is 7.82. The first kappa shape index (κ1) is 10.3. The van der Waals surface area contributed by atoms with Gasteiger partial charge in [-0.2, -0.15) is 0 Å². The van der Waals surface area contributed by atoms with Gasteiger partial charge < -0.3 is 4.74 Å². The third-order valence-electron chi connectivity index (χ3n) is 1.54. The van der Waals surface area contributed by atoms with Gasteiger partial charge in [-0.1, -0.05) is 0 Å². The second kappa shape index (κ2) is 7.42. The summed E-state index contributed by atoms with van der Waals surface area (Å²) in [5, 5.41) is 0. The van der Waals surface area contributed by atoms with Crippen molar-refractivity contribution in [1.82, 2.24) is 0 Å². The molecule has 0 aromatic carbocycles. The quantitative estimate of drug-likeness (QED) is 0.427. The van der Waals surface area contributed by atoms with E-state index in [0.29, 0.717) is 10.9 Å². The van der Waals surface area contributed by atoms with Crippen LogP contribution < -0.4 is 0 Å². The lowest BCUT2D eigenvalue weighted by Gasteiger charge is -2.02. The lowest BCUT2D eigenvalue weighted by atomic mass is 10.8. The smallest absolute Gasteiger partial charge is 0.131 e. The summed E-state index contributed by atoms with van der Waals surface area (Å²) in [4.78, 5) is 0. The van der Waals surface area contributed by atoms with Crippen molar-refractivity contribution in [2.24, 2.45) is 0 Å². The van der Waals surface area contributed by atoms with Gasteiger partial charge in [-0.05, 0) is 31.7 Å². The van der Waals surface area contributed by atoms with Gasteiger partial charge in [0, 0.05) is 6.61 Å². The minimum absolute atomic E-state index is 0.635.